The lowest BCUT2D eigenvalue weighted by atomic mass is 9.94. The van der Waals surface area contributed by atoms with E-state index in [1.807, 2.05) is 30.3 Å². The second-order valence-corrected chi connectivity index (χ2v) is 5.43. The number of likely N-dealkylation sites (tertiary alicyclic amines) is 1. The first-order valence-electron chi connectivity index (χ1n) is 7.32. The summed E-state index contributed by atoms with van der Waals surface area (Å²) in [6, 6.07) is 9.57. The highest BCUT2D eigenvalue weighted by atomic mass is 16.6. The number of carbonyl (C=O) groups excluding carboxylic acids is 1. The fourth-order valence-electron chi connectivity index (χ4n) is 2.60. The van der Waals surface area contributed by atoms with E-state index in [4.69, 9.17) is 9.84 Å². The van der Waals surface area contributed by atoms with Crippen molar-refractivity contribution in [2.45, 2.75) is 32.3 Å². The number of piperidine rings is 1. The molecule has 0 spiro atoms. The Morgan fingerprint density at radius 2 is 2.05 bits per heavy atom. The van der Waals surface area contributed by atoms with Crippen molar-refractivity contribution in [3.05, 3.63) is 35.9 Å². The van der Waals surface area contributed by atoms with Gasteiger partial charge in [0.1, 0.15) is 6.61 Å². The largest absolute Gasteiger partial charge is 0.481 e. The molecule has 5 nitrogen and oxygen atoms in total. The molecule has 0 radical (unpaired) electrons. The van der Waals surface area contributed by atoms with E-state index in [1.165, 1.54) is 0 Å². The molecule has 1 aliphatic heterocycles. The Balaban J connectivity index is 1.77. The predicted octanol–water partition coefficient (Wildman–Crippen LogP) is 2.90. The number of amides is 1. The van der Waals surface area contributed by atoms with Crippen molar-refractivity contribution < 1.29 is 19.4 Å². The highest BCUT2D eigenvalue weighted by Gasteiger charge is 2.24. The number of ether oxygens (including phenoxy) is 1. The number of hydrogen-bond acceptors (Lipinski definition) is 3. The average molecular weight is 291 g/mol. The van der Waals surface area contributed by atoms with E-state index in [1.54, 1.807) is 4.90 Å². The molecule has 1 amide bonds. The van der Waals surface area contributed by atoms with Crippen LogP contribution in [-0.2, 0) is 16.1 Å². The molecule has 1 unspecified atom stereocenters. The van der Waals surface area contributed by atoms with Crippen molar-refractivity contribution in [1.82, 2.24) is 4.90 Å². The van der Waals surface area contributed by atoms with Crippen molar-refractivity contribution >= 4 is 12.1 Å². The van der Waals surface area contributed by atoms with Crippen LogP contribution in [0.1, 0.15) is 31.2 Å². The van der Waals surface area contributed by atoms with Gasteiger partial charge in [-0.3, -0.25) is 4.79 Å². The number of aliphatic carboxylic acids is 1. The third-order valence-corrected chi connectivity index (χ3v) is 3.75. The highest BCUT2D eigenvalue weighted by Crippen LogP contribution is 2.21. The second-order valence-electron chi connectivity index (χ2n) is 5.43. The summed E-state index contributed by atoms with van der Waals surface area (Å²) in [7, 11) is 0. The van der Waals surface area contributed by atoms with Crippen LogP contribution >= 0.6 is 0 Å². The van der Waals surface area contributed by atoms with E-state index in [-0.39, 0.29) is 25.0 Å². The number of carboxylic acid groups (broad SMARTS) is 1. The average Bonchev–Trinajstić information content (AvgIpc) is 2.52. The fourth-order valence-corrected chi connectivity index (χ4v) is 2.60. The molecular weight excluding hydrogens is 270 g/mol. The van der Waals surface area contributed by atoms with E-state index < -0.39 is 5.97 Å². The number of nitrogens with zero attached hydrogens (tertiary/aromatic N) is 1. The number of carboxylic acids is 1. The summed E-state index contributed by atoms with van der Waals surface area (Å²) in [4.78, 5) is 24.3. The molecule has 0 bridgehead atoms. The first-order chi connectivity index (χ1) is 10.1. The molecule has 2 rings (SSSR count). The van der Waals surface area contributed by atoms with Crippen molar-refractivity contribution in [3.63, 3.8) is 0 Å². The van der Waals surface area contributed by atoms with Crippen LogP contribution in [0.15, 0.2) is 30.3 Å². The number of carbonyl (C=O) groups is 2. The normalized spacial score (nSPS) is 18.3. The zero-order valence-corrected chi connectivity index (χ0v) is 12.0. The minimum absolute atomic E-state index is 0.164. The molecular formula is C16H21NO4. The maximum absolute atomic E-state index is 12.0. The Labute approximate surface area is 124 Å². The van der Waals surface area contributed by atoms with Crippen LogP contribution in [0, 0.1) is 5.92 Å². The van der Waals surface area contributed by atoms with Gasteiger partial charge in [-0.15, -0.1) is 0 Å². The zero-order valence-electron chi connectivity index (χ0n) is 12.0. The van der Waals surface area contributed by atoms with Crippen molar-refractivity contribution in [3.8, 4) is 0 Å². The minimum atomic E-state index is -0.779. The van der Waals surface area contributed by atoms with E-state index in [9.17, 15) is 9.59 Å². The molecule has 1 fully saturated rings. The smallest absolute Gasteiger partial charge is 0.410 e. The van der Waals surface area contributed by atoms with Crippen molar-refractivity contribution in [2.75, 3.05) is 13.1 Å². The van der Waals surface area contributed by atoms with Gasteiger partial charge in [-0.2, -0.15) is 0 Å². The van der Waals surface area contributed by atoms with Crippen molar-refractivity contribution in [1.29, 1.82) is 0 Å². The van der Waals surface area contributed by atoms with E-state index in [2.05, 4.69) is 0 Å². The summed E-state index contributed by atoms with van der Waals surface area (Å²) in [5, 5.41) is 8.72. The molecule has 1 aliphatic rings. The van der Waals surface area contributed by atoms with E-state index in [0.717, 1.165) is 18.4 Å². The topological polar surface area (TPSA) is 66.8 Å². The number of rotatable bonds is 5. The van der Waals surface area contributed by atoms with Crippen LogP contribution in [0.2, 0.25) is 0 Å². The van der Waals surface area contributed by atoms with Crippen LogP contribution in [-0.4, -0.2) is 35.2 Å². The van der Waals surface area contributed by atoms with Gasteiger partial charge < -0.3 is 14.7 Å². The minimum Gasteiger partial charge on any atom is -0.481 e. The van der Waals surface area contributed by atoms with Gasteiger partial charge in [0.05, 0.1) is 0 Å². The van der Waals surface area contributed by atoms with Gasteiger partial charge in [-0.1, -0.05) is 30.3 Å². The Morgan fingerprint density at radius 3 is 2.76 bits per heavy atom. The molecule has 1 N–H and O–H groups in total. The van der Waals surface area contributed by atoms with Gasteiger partial charge >= 0.3 is 12.1 Å². The lowest BCUT2D eigenvalue weighted by molar-refractivity contribution is -0.137. The van der Waals surface area contributed by atoms with Gasteiger partial charge in [0.15, 0.2) is 0 Å². The number of benzene rings is 1. The van der Waals surface area contributed by atoms with Gasteiger partial charge in [-0.05, 0) is 30.7 Å². The molecule has 5 heteroatoms. The van der Waals surface area contributed by atoms with Gasteiger partial charge in [0.25, 0.3) is 0 Å². The SMILES string of the molecule is O=C(O)CCC1CCCN(C(=O)OCc2ccccc2)C1. The lowest BCUT2D eigenvalue weighted by Gasteiger charge is -2.31. The van der Waals surface area contributed by atoms with Crippen LogP contribution in [0.3, 0.4) is 0 Å². The molecule has 0 aliphatic carbocycles. The maximum Gasteiger partial charge on any atom is 0.410 e. The van der Waals surface area contributed by atoms with Crippen LogP contribution in [0.5, 0.6) is 0 Å². The molecule has 1 heterocycles. The standard InChI is InChI=1S/C16H21NO4/c18-15(19)9-8-13-7-4-10-17(11-13)16(20)21-12-14-5-2-1-3-6-14/h1-3,5-6,13H,4,7-12H2,(H,18,19). The first kappa shape index (κ1) is 15.4. The van der Waals surface area contributed by atoms with Crippen molar-refractivity contribution in [2.24, 2.45) is 5.92 Å². The highest BCUT2D eigenvalue weighted by molar-refractivity contribution is 5.68. The summed E-state index contributed by atoms with van der Waals surface area (Å²) in [6.45, 7) is 1.56. The monoisotopic (exact) mass is 291 g/mol. The molecule has 1 atom stereocenters. The zero-order chi connectivity index (χ0) is 15.1. The molecule has 1 saturated heterocycles. The fraction of sp³-hybridized carbons (Fsp3) is 0.500. The maximum atomic E-state index is 12.0. The molecule has 1 aromatic carbocycles. The van der Waals surface area contributed by atoms with Crippen LogP contribution in [0.4, 0.5) is 4.79 Å². The quantitative estimate of drug-likeness (QED) is 0.905. The lowest BCUT2D eigenvalue weighted by Crippen LogP contribution is -2.40. The third kappa shape index (κ3) is 5.10. The van der Waals surface area contributed by atoms with Crippen LogP contribution < -0.4 is 0 Å². The Morgan fingerprint density at radius 1 is 1.29 bits per heavy atom. The third-order valence-electron chi connectivity index (χ3n) is 3.75. The van der Waals surface area contributed by atoms with Crippen LogP contribution in [0.25, 0.3) is 0 Å². The van der Waals surface area contributed by atoms with Gasteiger partial charge in [0, 0.05) is 19.5 Å². The first-order valence-corrected chi connectivity index (χ1v) is 7.32. The predicted molar refractivity (Wildman–Crippen MR) is 77.8 cm³/mol. The summed E-state index contributed by atoms with van der Waals surface area (Å²) in [6.07, 6.45) is 2.37. The van der Waals surface area contributed by atoms with Gasteiger partial charge in [0.2, 0.25) is 0 Å². The summed E-state index contributed by atoms with van der Waals surface area (Å²) in [5.74, 6) is -0.516. The van der Waals surface area contributed by atoms with E-state index >= 15 is 0 Å². The molecule has 0 aromatic heterocycles. The molecule has 1 aromatic rings. The summed E-state index contributed by atoms with van der Waals surface area (Å²) in [5.41, 5.74) is 0.963. The Kier molecular flexibility index (Phi) is 5.60. The number of hydrogen-bond donors (Lipinski definition) is 1. The summed E-state index contributed by atoms with van der Waals surface area (Å²) < 4.78 is 5.31. The Hall–Kier alpha value is -2.04. The molecule has 21 heavy (non-hydrogen) atoms. The molecule has 114 valence electrons. The second kappa shape index (κ2) is 7.67. The van der Waals surface area contributed by atoms with E-state index in [0.29, 0.717) is 19.5 Å². The summed E-state index contributed by atoms with van der Waals surface area (Å²) >= 11 is 0. The van der Waals surface area contributed by atoms with Gasteiger partial charge in [-0.25, -0.2) is 4.79 Å². The Bertz CT molecular complexity index is 474. The molecule has 0 saturated carbocycles.